The lowest BCUT2D eigenvalue weighted by molar-refractivity contribution is -0.131. The fourth-order valence-electron chi connectivity index (χ4n) is 5.88. The second-order valence-corrected chi connectivity index (χ2v) is 13.6. The summed E-state index contributed by atoms with van der Waals surface area (Å²) in [5, 5.41) is 9.73. The highest BCUT2D eigenvalue weighted by molar-refractivity contribution is 7.91. The number of sulfone groups is 1. The van der Waals surface area contributed by atoms with E-state index in [1.54, 1.807) is 43.6 Å². The Kier molecular flexibility index (Phi) is 10.2. The molecule has 0 spiro atoms. The number of halogens is 2. The predicted octanol–water partition coefficient (Wildman–Crippen LogP) is 5.38. The van der Waals surface area contributed by atoms with Gasteiger partial charge in [-0.2, -0.15) is 14.0 Å². The van der Waals surface area contributed by atoms with Gasteiger partial charge < -0.3 is 24.7 Å². The van der Waals surface area contributed by atoms with Crippen molar-refractivity contribution in [2.75, 3.05) is 23.8 Å². The number of anilines is 1. The number of benzene rings is 3. The zero-order valence-corrected chi connectivity index (χ0v) is 26.7. The number of hydrogen-bond acceptors (Lipinski definition) is 8. The molecule has 1 aromatic heterocycles. The molecule has 246 valence electrons. The van der Waals surface area contributed by atoms with Crippen LogP contribution in [0.15, 0.2) is 84.1 Å². The molecule has 13 heteroatoms. The molecule has 0 bridgehead atoms. The predicted molar refractivity (Wildman–Crippen MR) is 172 cm³/mol. The normalized spacial score (nSPS) is 17.1. The van der Waals surface area contributed by atoms with Crippen LogP contribution in [0, 0.1) is 18.3 Å². The first-order chi connectivity index (χ1) is 22.5. The molecule has 1 fully saturated rings. The minimum atomic E-state index is -3.44. The third-order valence-electron chi connectivity index (χ3n) is 8.26. The summed E-state index contributed by atoms with van der Waals surface area (Å²) in [4.78, 5) is 18.8. The fraction of sp³-hybridized carbons (Fsp3) is 0.324. The van der Waals surface area contributed by atoms with E-state index in [0.717, 1.165) is 11.4 Å². The summed E-state index contributed by atoms with van der Waals surface area (Å²) in [6.07, 6.45) is 3.62. The third-order valence-corrected chi connectivity index (χ3v) is 10.0. The van der Waals surface area contributed by atoms with Gasteiger partial charge in [0, 0.05) is 41.9 Å². The van der Waals surface area contributed by atoms with Gasteiger partial charge >= 0.3 is 6.61 Å². The summed E-state index contributed by atoms with van der Waals surface area (Å²) in [5.41, 5.74) is 9.44. The number of aryl methyl sites for hydroxylation is 1. The summed E-state index contributed by atoms with van der Waals surface area (Å²) >= 11 is 0. The minimum absolute atomic E-state index is 0.0259. The van der Waals surface area contributed by atoms with Crippen molar-refractivity contribution in [3.63, 3.8) is 0 Å². The number of nitriles is 1. The molecule has 2 heterocycles. The SMILES string of the molecule is CCS(=O)(=O)c1ccc([C@H](CC#N)c2cc(N3C[C@@H](Oc4ccc(-n5cnc(C)c5)cc4)C[C@H]3COC(F)F)ccc2C(N)=O)cc1. The van der Waals surface area contributed by atoms with Crippen LogP contribution in [0.1, 0.15) is 52.9 Å². The molecular weight excluding hydrogens is 628 g/mol. The molecule has 1 aliphatic heterocycles. The first-order valence-corrected chi connectivity index (χ1v) is 16.7. The first-order valence-electron chi connectivity index (χ1n) is 15.1. The van der Waals surface area contributed by atoms with Gasteiger partial charge in [0.25, 0.3) is 0 Å². The Morgan fingerprint density at radius 3 is 2.40 bits per heavy atom. The lowest BCUT2D eigenvalue weighted by Gasteiger charge is -2.28. The number of rotatable bonds is 13. The van der Waals surface area contributed by atoms with Crippen molar-refractivity contribution in [2.45, 2.75) is 56.3 Å². The zero-order valence-electron chi connectivity index (χ0n) is 25.9. The topological polar surface area (TPSA) is 141 Å². The number of amides is 1. The van der Waals surface area contributed by atoms with Gasteiger partial charge in [0.1, 0.15) is 11.9 Å². The molecule has 1 saturated heterocycles. The van der Waals surface area contributed by atoms with Crippen molar-refractivity contribution >= 4 is 21.4 Å². The van der Waals surface area contributed by atoms with Crippen LogP contribution in [0.5, 0.6) is 5.75 Å². The smallest absolute Gasteiger partial charge is 0.345 e. The Balaban J connectivity index is 1.44. The maximum absolute atomic E-state index is 13.2. The van der Waals surface area contributed by atoms with Gasteiger partial charge in [0.15, 0.2) is 9.84 Å². The highest BCUT2D eigenvalue weighted by Gasteiger charge is 2.35. The molecule has 0 radical (unpaired) electrons. The van der Waals surface area contributed by atoms with Gasteiger partial charge in [-0.3, -0.25) is 4.79 Å². The van der Waals surface area contributed by atoms with Crippen LogP contribution in [0.2, 0.25) is 0 Å². The number of nitrogens with zero attached hydrogens (tertiary/aromatic N) is 4. The Morgan fingerprint density at radius 1 is 1.11 bits per heavy atom. The van der Waals surface area contributed by atoms with Crippen LogP contribution in [0.3, 0.4) is 0 Å². The van der Waals surface area contributed by atoms with Gasteiger partial charge in [0.2, 0.25) is 5.91 Å². The number of primary amides is 1. The number of ether oxygens (including phenoxy) is 2. The van der Waals surface area contributed by atoms with Gasteiger partial charge in [0.05, 0.1) is 47.9 Å². The van der Waals surface area contributed by atoms with Gasteiger partial charge in [-0.25, -0.2) is 13.4 Å². The maximum atomic E-state index is 13.2. The van der Waals surface area contributed by atoms with E-state index in [2.05, 4.69) is 11.1 Å². The van der Waals surface area contributed by atoms with Crippen molar-refractivity contribution in [3.8, 4) is 17.5 Å². The molecule has 1 aliphatic rings. The second kappa shape index (κ2) is 14.3. The number of aromatic nitrogens is 2. The van der Waals surface area contributed by atoms with E-state index in [9.17, 15) is 27.3 Å². The molecule has 3 atom stereocenters. The van der Waals surface area contributed by atoms with E-state index in [-0.39, 0.29) is 35.3 Å². The molecule has 0 aliphatic carbocycles. The molecule has 4 aromatic rings. The third kappa shape index (κ3) is 7.78. The Morgan fingerprint density at radius 2 is 1.81 bits per heavy atom. The Labute approximate surface area is 272 Å². The quantitative estimate of drug-likeness (QED) is 0.201. The van der Waals surface area contributed by atoms with E-state index in [4.69, 9.17) is 15.2 Å². The molecular formula is C34H35F2N5O5S. The van der Waals surface area contributed by atoms with Crippen LogP contribution in [0.25, 0.3) is 5.69 Å². The van der Waals surface area contributed by atoms with E-state index in [1.165, 1.54) is 12.1 Å². The number of imidazole rings is 1. The Hall–Kier alpha value is -4.80. The molecule has 0 unspecified atom stereocenters. The van der Waals surface area contributed by atoms with Crippen LogP contribution in [-0.4, -0.2) is 61.5 Å². The summed E-state index contributed by atoms with van der Waals surface area (Å²) in [5.74, 6) is -0.772. The highest BCUT2D eigenvalue weighted by Crippen LogP contribution is 2.36. The van der Waals surface area contributed by atoms with Gasteiger partial charge in [-0.1, -0.05) is 19.1 Å². The monoisotopic (exact) mass is 663 g/mol. The van der Waals surface area contributed by atoms with Gasteiger partial charge in [-0.05, 0) is 72.6 Å². The summed E-state index contributed by atoms with van der Waals surface area (Å²) in [6, 6.07) is 20.3. The molecule has 5 rings (SSSR count). The van der Waals surface area contributed by atoms with Crippen molar-refractivity contribution in [3.05, 3.63) is 102 Å². The average Bonchev–Trinajstić information content (AvgIpc) is 3.68. The Bertz CT molecular complexity index is 1860. The van der Waals surface area contributed by atoms with Crippen LogP contribution in [0.4, 0.5) is 14.5 Å². The van der Waals surface area contributed by atoms with Crippen molar-refractivity contribution < 1.29 is 31.5 Å². The summed E-state index contributed by atoms with van der Waals surface area (Å²) < 4.78 is 63.9. The summed E-state index contributed by atoms with van der Waals surface area (Å²) in [7, 11) is -3.44. The largest absolute Gasteiger partial charge is 0.489 e. The number of carbonyl (C=O) groups excluding carboxylic acids is 1. The number of nitrogens with two attached hydrogens (primary N) is 1. The molecule has 1 amide bonds. The second-order valence-electron chi connectivity index (χ2n) is 11.3. The molecule has 10 nitrogen and oxygen atoms in total. The minimum Gasteiger partial charge on any atom is -0.489 e. The van der Waals surface area contributed by atoms with E-state index in [0.29, 0.717) is 35.5 Å². The first kappa shape index (κ1) is 33.6. The van der Waals surface area contributed by atoms with Crippen LogP contribution >= 0.6 is 0 Å². The maximum Gasteiger partial charge on any atom is 0.345 e. The lowest BCUT2D eigenvalue weighted by Crippen LogP contribution is -2.34. The lowest BCUT2D eigenvalue weighted by atomic mass is 9.85. The number of hydrogen-bond donors (Lipinski definition) is 1. The van der Waals surface area contributed by atoms with E-state index in [1.807, 2.05) is 46.9 Å². The molecule has 47 heavy (non-hydrogen) atoms. The summed E-state index contributed by atoms with van der Waals surface area (Å²) in [6.45, 7) is 0.573. The fourth-order valence-corrected chi connectivity index (χ4v) is 6.77. The van der Waals surface area contributed by atoms with Crippen LogP contribution < -0.4 is 15.4 Å². The zero-order chi connectivity index (χ0) is 33.7. The highest BCUT2D eigenvalue weighted by atomic mass is 32.2. The standard InChI is InChI=1S/C34H35F2N5O5S/c1-3-47(43,44)29-11-4-23(5-12-29)30(14-15-37)32-17-25(8-13-31(32)33(38)42)41-19-28(16-26(41)20-45-34(35)36)46-27-9-6-24(7-10-27)40-18-22(2)39-21-40/h4-13,17-18,21,26,28,30,34H,3,14,16,19-20H2,1-2H3,(H2,38,42)/t26-,28-,30-/m0/s1. The van der Waals surface area contributed by atoms with E-state index >= 15 is 0 Å². The molecule has 3 aromatic carbocycles. The van der Waals surface area contributed by atoms with Crippen molar-refractivity contribution in [1.82, 2.24) is 9.55 Å². The van der Waals surface area contributed by atoms with E-state index < -0.39 is 34.3 Å². The van der Waals surface area contributed by atoms with Crippen molar-refractivity contribution in [2.24, 2.45) is 5.73 Å². The molecule has 0 saturated carbocycles. The van der Waals surface area contributed by atoms with Crippen LogP contribution in [-0.2, 0) is 14.6 Å². The number of carbonyl (C=O) groups is 1. The average molecular weight is 664 g/mol. The number of alkyl halides is 2. The van der Waals surface area contributed by atoms with Crippen molar-refractivity contribution in [1.29, 1.82) is 5.26 Å². The molecule has 2 N–H and O–H groups in total. The van der Waals surface area contributed by atoms with Gasteiger partial charge in [-0.15, -0.1) is 0 Å².